The van der Waals surface area contributed by atoms with Crippen LogP contribution in [-0.2, 0) is 0 Å². The van der Waals surface area contributed by atoms with E-state index in [2.05, 4.69) is 16.0 Å². The van der Waals surface area contributed by atoms with E-state index in [4.69, 9.17) is 0 Å². The Kier molecular flexibility index (Phi) is 5.39. The van der Waals surface area contributed by atoms with Gasteiger partial charge in [-0.25, -0.2) is 0 Å². The first-order chi connectivity index (χ1) is 14.1. The Hall–Kier alpha value is -3.45. The van der Waals surface area contributed by atoms with E-state index in [1.54, 1.807) is 54.6 Å². The predicted molar refractivity (Wildman–Crippen MR) is 114 cm³/mol. The van der Waals surface area contributed by atoms with Crippen LogP contribution in [0.5, 0.6) is 0 Å². The molecular formula is C22H19N3O3S. The van der Waals surface area contributed by atoms with E-state index in [1.807, 2.05) is 11.4 Å². The number of thiophene rings is 1. The van der Waals surface area contributed by atoms with Gasteiger partial charge in [-0.2, -0.15) is 0 Å². The lowest BCUT2D eigenvalue weighted by Gasteiger charge is -2.11. The standard InChI is InChI=1S/C22H19N3O3S/c26-20(25-18-5-2-1-4-17(18)21(27)23-16-11-12-16)14-7-9-15(10-8-14)24-22(28)19-6-3-13-29-19/h1-10,13,16H,11-12H2,(H,23,27)(H,24,28)(H,25,26). The molecule has 6 nitrogen and oxygen atoms in total. The molecule has 3 amide bonds. The minimum atomic E-state index is -0.326. The van der Waals surface area contributed by atoms with E-state index in [0.717, 1.165) is 12.8 Å². The maximum Gasteiger partial charge on any atom is 0.265 e. The summed E-state index contributed by atoms with van der Waals surface area (Å²) in [6.45, 7) is 0. The highest BCUT2D eigenvalue weighted by atomic mass is 32.1. The average Bonchev–Trinajstić information content (AvgIpc) is 3.36. The maximum atomic E-state index is 12.6. The van der Waals surface area contributed by atoms with E-state index in [-0.39, 0.29) is 23.8 Å². The Morgan fingerprint density at radius 2 is 1.55 bits per heavy atom. The van der Waals surface area contributed by atoms with Crippen molar-refractivity contribution in [3.05, 3.63) is 82.0 Å². The molecule has 0 bridgehead atoms. The number of amides is 3. The van der Waals surface area contributed by atoms with Crippen molar-refractivity contribution >= 4 is 40.4 Å². The van der Waals surface area contributed by atoms with Crippen LogP contribution in [0.3, 0.4) is 0 Å². The van der Waals surface area contributed by atoms with Crippen LogP contribution >= 0.6 is 11.3 Å². The molecule has 0 aliphatic heterocycles. The van der Waals surface area contributed by atoms with Gasteiger partial charge in [0.05, 0.1) is 16.1 Å². The molecule has 0 atom stereocenters. The number of carbonyl (C=O) groups is 3. The van der Waals surface area contributed by atoms with E-state index in [0.29, 0.717) is 27.4 Å². The van der Waals surface area contributed by atoms with Gasteiger partial charge < -0.3 is 16.0 Å². The molecule has 0 saturated heterocycles. The van der Waals surface area contributed by atoms with Gasteiger partial charge in [0.15, 0.2) is 0 Å². The molecular weight excluding hydrogens is 386 g/mol. The summed E-state index contributed by atoms with van der Waals surface area (Å²) in [5.74, 6) is -0.698. The van der Waals surface area contributed by atoms with Crippen molar-refractivity contribution in [2.75, 3.05) is 10.6 Å². The summed E-state index contributed by atoms with van der Waals surface area (Å²) in [4.78, 5) is 37.7. The smallest absolute Gasteiger partial charge is 0.265 e. The van der Waals surface area contributed by atoms with Gasteiger partial charge in [-0.1, -0.05) is 18.2 Å². The van der Waals surface area contributed by atoms with Crippen LogP contribution in [0.15, 0.2) is 66.0 Å². The number of benzene rings is 2. The van der Waals surface area contributed by atoms with Crippen LogP contribution < -0.4 is 16.0 Å². The van der Waals surface area contributed by atoms with Gasteiger partial charge in [0.2, 0.25) is 0 Å². The fourth-order valence-corrected chi connectivity index (χ4v) is 3.40. The zero-order valence-electron chi connectivity index (χ0n) is 15.5. The summed E-state index contributed by atoms with van der Waals surface area (Å²) in [7, 11) is 0. The Morgan fingerprint density at radius 3 is 2.24 bits per heavy atom. The van der Waals surface area contributed by atoms with Gasteiger partial charge in [-0.3, -0.25) is 14.4 Å². The quantitative estimate of drug-likeness (QED) is 0.576. The number of hydrogen-bond donors (Lipinski definition) is 3. The summed E-state index contributed by atoms with van der Waals surface area (Å²) in [5.41, 5.74) is 1.93. The molecule has 3 N–H and O–H groups in total. The molecule has 0 unspecified atom stereocenters. The fraction of sp³-hybridized carbons (Fsp3) is 0.136. The molecule has 1 aliphatic carbocycles. The molecule has 1 aromatic heterocycles. The Bertz CT molecular complexity index is 1040. The molecule has 146 valence electrons. The summed E-state index contributed by atoms with van der Waals surface area (Å²) in [6, 6.07) is 17.3. The Morgan fingerprint density at radius 1 is 0.793 bits per heavy atom. The second-order valence-electron chi connectivity index (χ2n) is 6.76. The zero-order chi connectivity index (χ0) is 20.2. The first kappa shape index (κ1) is 18.9. The SMILES string of the molecule is O=C(Nc1ccccc1C(=O)NC1CC1)c1ccc(NC(=O)c2cccs2)cc1. The molecule has 0 radical (unpaired) electrons. The summed E-state index contributed by atoms with van der Waals surface area (Å²) >= 11 is 1.36. The molecule has 1 saturated carbocycles. The highest BCUT2D eigenvalue weighted by Gasteiger charge is 2.25. The van der Waals surface area contributed by atoms with E-state index < -0.39 is 0 Å². The first-order valence-electron chi connectivity index (χ1n) is 9.26. The Balaban J connectivity index is 1.42. The normalized spacial score (nSPS) is 12.8. The van der Waals surface area contributed by atoms with Crippen molar-refractivity contribution in [1.82, 2.24) is 5.32 Å². The molecule has 2 aromatic carbocycles. The summed E-state index contributed by atoms with van der Waals surface area (Å²) in [5, 5.41) is 10.4. The lowest BCUT2D eigenvalue weighted by molar-refractivity contribution is 0.0951. The fourth-order valence-electron chi connectivity index (χ4n) is 2.78. The second kappa shape index (κ2) is 8.28. The van der Waals surface area contributed by atoms with Crippen LogP contribution in [0.4, 0.5) is 11.4 Å². The third-order valence-corrected chi connectivity index (χ3v) is 5.35. The highest BCUT2D eigenvalue weighted by molar-refractivity contribution is 7.12. The number of para-hydroxylation sites is 1. The van der Waals surface area contributed by atoms with Crippen molar-refractivity contribution in [2.24, 2.45) is 0 Å². The van der Waals surface area contributed by atoms with Gasteiger partial charge in [-0.05, 0) is 60.7 Å². The summed E-state index contributed by atoms with van der Waals surface area (Å²) in [6.07, 6.45) is 1.99. The minimum Gasteiger partial charge on any atom is -0.349 e. The molecule has 7 heteroatoms. The lowest BCUT2D eigenvalue weighted by atomic mass is 10.1. The van der Waals surface area contributed by atoms with Crippen LogP contribution in [0.2, 0.25) is 0 Å². The van der Waals surface area contributed by atoms with Crippen molar-refractivity contribution in [3.63, 3.8) is 0 Å². The molecule has 1 heterocycles. The molecule has 4 rings (SSSR count). The van der Waals surface area contributed by atoms with E-state index in [1.165, 1.54) is 11.3 Å². The number of nitrogens with one attached hydrogen (secondary N) is 3. The topological polar surface area (TPSA) is 87.3 Å². The van der Waals surface area contributed by atoms with Crippen LogP contribution in [0.1, 0.15) is 43.2 Å². The van der Waals surface area contributed by atoms with Crippen molar-refractivity contribution < 1.29 is 14.4 Å². The van der Waals surface area contributed by atoms with Gasteiger partial charge in [-0.15, -0.1) is 11.3 Å². The lowest BCUT2D eigenvalue weighted by Crippen LogP contribution is -2.27. The largest absolute Gasteiger partial charge is 0.349 e. The van der Waals surface area contributed by atoms with Crippen molar-refractivity contribution in [3.8, 4) is 0 Å². The monoisotopic (exact) mass is 405 g/mol. The number of hydrogen-bond acceptors (Lipinski definition) is 4. The third-order valence-electron chi connectivity index (χ3n) is 4.48. The van der Waals surface area contributed by atoms with Crippen LogP contribution in [-0.4, -0.2) is 23.8 Å². The van der Waals surface area contributed by atoms with Gasteiger partial charge in [0, 0.05) is 17.3 Å². The molecule has 1 aliphatic rings. The minimum absolute atomic E-state index is 0.185. The molecule has 29 heavy (non-hydrogen) atoms. The van der Waals surface area contributed by atoms with Crippen LogP contribution in [0.25, 0.3) is 0 Å². The van der Waals surface area contributed by atoms with Gasteiger partial charge in [0.1, 0.15) is 0 Å². The van der Waals surface area contributed by atoms with Gasteiger partial charge in [0.25, 0.3) is 17.7 Å². The number of rotatable bonds is 6. The number of carbonyl (C=O) groups excluding carboxylic acids is 3. The van der Waals surface area contributed by atoms with E-state index in [9.17, 15) is 14.4 Å². The average molecular weight is 405 g/mol. The van der Waals surface area contributed by atoms with Gasteiger partial charge >= 0.3 is 0 Å². The van der Waals surface area contributed by atoms with Crippen molar-refractivity contribution in [1.29, 1.82) is 0 Å². The van der Waals surface area contributed by atoms with E-state index >= 15 is 0 Å². The first-order valence-corrected chi connectivity index (χ1v) is 10.1. The van der Waals surface area contributed by atoms with Crippen molar-refractivity contribution in [2.45, 2.75) is 18.9 Å². The maximum absolute atomic E-state index is 12.6. The second-order valence-corrected chi connectivity index (χ2v) is 7.70. The summed E-state index contributed by atoms with van der Waals surface area (Å²) < 4.78 is 0. The van der Waals surface area contributed by atoms with Crippen LogP contribution in [0, 0.1) is 0 Å². The third kappa shape index (κ3) is 4.70. The Labute approximate surface area is 172 Å². The molecule has 3 aromatic rings. The molecule has 1 fully saturated rings. The zero-order valence-corrected chi connectivity index (χ0v) is 16.3. The predicted octanol–water partition coefficient (Wildman–Crippen LogP) is 4.14. The highest BCUT2D eigenvalue weighted by Crippen LogP contribution is 2.22. The number of anilines is 2. The molecule has 0 spiro atoms.